The fourth-order valence-electron chi connectivity index (χ4n) is 3.13. The number of hydrogen-bond acceptors (Lipinski definition) is 5. The molecular formula is C21H26N4O2. The molecule has 0 aliphatic heterocycles. The molecule has 1 aliphatic rings. The number of carbonyl (C=O) groups excluding carboxylic acids is 1. The third-order valence-electron chi connectivity index (χ3n) is 4.55. The molecule has 27 heavy (non-hydrogen) atoms. The van der Waals surface area contributed by atoms with E-state index < -0.39 is 0 Å². The van der Waals surface area contributed by atoms with Gasteiger partial charge in [0.25, 0.3) is 5.91 Å². The van der Waals surface area contributed by atoms with Crippen LogP contribution in [0, 0.1) is 6.92 Å². The lowest BCUT2D eigenvalue weighted by atomic mass is 9.97. The van der Waals surface area contributed by atoms with Crippen LogP contribution in [0.5, 0.6) is 5.75 Å². The summed E-state index contributed by atoms with van der Waals surface area (Å²) in [6, 6.07) is 9.20. The Morgan fingerprint density at radius 3 is 2.70 bits per heavy atom. The normalized spacial score (nSPS) is 13.6. The zero-order chi connectivity index (χ0) is 19.1. The van der Waals surface area contributed by atoms with Crippen molar-refractivity contribution >= 4 is 17.4 Å². The van der Waals surface area contributed by atoms with Gasteiger partial charge >= 0.3 is 0 Å². The number of methoxy groups -OCH3 is 1. The van der Waals surface area contributed by atoms with E-state index in [1.165, 1.54) is 18.4 Å². The van der Waals surface area contributed by atoms with Crippen LogP contribution in [0.15, 0.2) is 42.0 Å². The second kappa shape index (κ2) is 9.16. The number of rotatable bonds is 7. The molecule has 1 aromatic carbocycles. The Labute approximate surface area is 160 Å². The van der Waals surface area contributed by atoms with Crippen molar-refractivity contribution in [2.24, 2.45) is 0 Å². The molecule has 6 nitrogen and oxygen atoms in total. The highest BCUT2D eigenvalue weighted by atomic mass is 16.5. The van der Waals surface area contributed by atoms with E-state index in [9.17, 15) is 4.79 Å². The first-order valence-corrected chi connectivity index (χ1v) is 9.37. The van der Waals surface area contributed by atoms with Crippen LogP contribution >= 0.6 is 0 Å². The van der Waals surface area contributed by atoms with Crippen LogP contribution < -0.4 is 15.4 Å². The third kappa shape index (κ3) is 5.54. The number of amides is 1. The number of nitrogens with one attached hydrogen (secondary N) is 2. The molecule has 1 aliphatic carbocycles. The zero-order valence-electron chi connectivity index (χ0n) is 15.9. The van der Waals surface area contributed by atoms with Gasteiger partial charge in [-0.05, 0) is 63.3 Å². The van der Waals surface area contributed by atoms with Gasteiger partial charge in [0.2, 0.25) is 0 Å². The van der Waals surface area contributed by atoms with Gasteiger partial charge in [0.15, 0.2) is 0 Å². The standard InChI is InChI=1S/C21H26N4O2/c1-15-23-19(21(26)22-13-12-16-6-4-3-5-7-16)14-20(24-15)25-17-8-10-18(27-2)11-9-17/h6,8-11,14H,3-5,7,12-13H2,1-2H3,(H,22,26)(H,23,24,25). The minimum atomic E-state index is -0.172. The van der Waals surface area contributed by atoms with Crippen molar-refractivity contribution in [3.8, 4) is 5.75 Å². The van der Waals surface area contributed by atoms with E-state index in [4.69, 9.17) is 4.74 Å². The average molecular weight is 366 g/mol. The van der Waals surface area contributed by atoms with Crippen molar-refractivity contribution in [1.82, 2.24) is 15.3 Å². The summed E-state index contributed by atoms with van der Waals surface area (Å²) in [5, 5.41) is 6.17. The first-order valence-electron chi connectivity index (χ1n) is 9.37. The number of allylic oxidation sites excluding steroid dienone is 1. The largest absolute Gasteiger partial charge is 0.497 e. The summed E-state index contributed by atoms with van der Waals surface area (Å²) in [5.41, 5.74) is 2.68. The van der Waals surface area contributed by atoms with Crippen LogP contribution in [0.3, 0.4) is 0 Å². The predicted molar refractivity (Wildman–Crippen MR) is 107 cm³/mol. The lowest BCUT2D eigenvalue weighted by molar-refractivity contribution is 0.0948. The van der Waals surface area contributed by atoms with E-state index in [0.29, 0.717) is 23.9 Å². The van der Waals surface area contributed by atoms with Crippen LogP contribution in [0.1, 0.15) is 48.4 Å². The van der Waals surface area contributed by atoms with Gasteiger partial charge in [0.1, 0.15) is 23.1 Å². The van der Waals surface area contributed by atoms with Crippen LogP contribution in [0.25, 0.3) is 0 Å². The topological polar surface area (TPSA) is 76.1 Å². The fraction of sp³-hybridized carbons (Fsp3) is 0.381. The van der Waals surface area contributed by atoms with Gasteiger partial charge in [-0.15, -0.1) is 0 Å². The highest BCUT2D eigenvalue weighted by Crippen LogP contribution is 2.20. The summed E-state index contributed by atoms with van der Waals surface area (Å²) >= 11 is 0. The molecule has 0 saturated heterocycles. The van der Waals surface area contributed by atoms with Crippen LogP contribution in [-0.4, -0.2) is 29.5 Å². The number of aryl methyl sites for hydroxylation is 1. The Hall–Kier alpha value is -2.89. The number of aromatic nitrogens is 2. The second-order valence-corrected chi connectivity index (χ2v) is 6.65. The lowest BCUT2D eigenvalue weighted by Crippen LogP contribution is -2.26. The molecule has 6 heteroatoms. The van der Waals surface area contributed by atoms with Gasteiger partial charge in [0, 0.05) is 18.3 Å². The molecule has 0 saturated carbocycles. The molecule has 0 fully saturated rings. The molecule has 0 bridgehead atoms. The van der Waals surface area contributed by atoms with Gasteiger partial charge < -0.3 is 15.4 Å². The molecule has 0 spiro atoms. The molecule has 0 unspecified atom stereocenters. The van der Waals surface area contributed by atoms with E-state index in [-0.39, 0.29) is 5.91 Å². The third-order valence-corrected chi connectivity index (χ3v) is 4.55. The molecule has 1 heterocycles. The lowest BCUT2D eigenvalue weighted by Gasteiger charge is -2.13. The van der Waals surface area contributed by atoms with Gasteiger partial charge in [-0.1, -0.05) is 11.6 Å². The van der Waals surface area contributed by atoms with Crippen LogP contribution in [0.4, 0.5) is 11.5 Å². The quantitative estimate of drug-likeness (QED) is 0.720. The van der Waals surface area contributed by atoms with E-state index >= 15 is 0 Å². The fourth-order valence-corrected chi connectivity index (χ4v) is 3.13. The summed E-state index contributed by atoms with van der Waals surface area (Å²) < 4.78 is 5.16. The summed E-state index contributed by atoms with van der Waals surface area (Å²) in [4.78, 5) is 21.1. The summed E-state index contributed by atoms with van der Waals surface area (Å²) in [6.07, 6.45) is 8.06. The van der Waals surface area contributed by atoms with Gasteiger partial charge in [-0.2, -0.15) is 0 Å². The van der Waals surface area contributed by atoms with Crippen molar-refractivity contribution in [2.45, 2.75) is 39.0 Å². The second-order valence-electron chi connectivity index (χ2n) is 6.65. The maximum absolute atomic E-state index is 12.5. The van der Waals surface area contributed by atoms with E-state index in [0.717, 1.165) is 30.7 Å². The minimum absolute atomic E-state index is 0.172. The zero-order valence-corrected chi connectivity index (χ0v) is 15.9. The van der Waals surface area contributed by atoms with Crippen molar-refractivity contribution in [2.75, 3.05) is 19.0 Å². The smallest absolute Gasteiger partial charge is 0.270 e. The highest BCUT2D eigenvalue weighted by Gasteiger charge is 2.11. The Morgan fingerprint density at radius 1 is 1.19 bits per heavy atom. The summed E-state index contributed by atoms with van der Waals surface area (Å²) in [6.45, 7) is 2.41. The molecule has 2 aromatic rings. The first-order chi connectivity index (χ1) is 13.1. The van der Waals surface area contributed by atoms with E-state index in [1.807, 2.05) is 24.3 Å². The average Bonchev–Trinajstić information content (AvgIpc) is 2.69. The Bertz CT molecular complexity index is 815. The van der Waals surface area contributed by atoms with Crippen LogP contribution in [-0.2, 0) is 0 Å². The van der Waals surface area contributed by atoms with Crippen molar-refractivity contribution in [3.05, 3.63) is 53.5 Å². The number of nitrogens with zero attached hydrogens (tertiary/aromatic N) is 2. The Kier molecular flexibility index (Phi) is 6.41. The maximum Gasteiger partial charge on any atom is 0.270 e. The molecule has 3 rings (SSSR count). The van der Waals surface area contributed by atoms with Gasteiger partial charge in [0.05, 0.1) is 7.11 Å². The molecule has 1 aromatic heterocycles. The first kappa shape index (κ1) is 18.9. The number of hydrogen-bond donors (Lipinski definition) is 2. The van der Waals surface area contributed by atoms with Crippen molar-refractivity contribution in [3.63, 3.8) is 0 Å². The molecule has 0 radical (unpaired) electrons. The number of ether oxygens (including phenoxy) is 1. The highest BCUT2D eigenvalue weighted by molar-refractivity contribution is 5.93. The van der Waals surface area contributed by atoms with Crippen molar-refractivity contribution in [1.29, 1.82) is 0 Å². The van der Waals surface area contributed by atoms with Gasteiger partial charge in [-0.25, -0.2) is 9.97 Å². The summed E-state index contributed by atoms with van der Waals surface area (Å²) in [5.74, 6) is 1.75. The number of benzene rings is 1. The summed E-state index contributed by atoms with van der Waals surface area (Å²) in [7, 11) is 1.63. The van der Waals surface area contributed by atoms with Gasteiger partial charge in [-0.3, -0.25) is 4.79 Å². The van der Waals surface area contributed by atoms with Crippen molar-refractivity contribution < 1.29 is 9.53 Å². The Morgan fingerprint density at radius 2 is 2.00 bits per heavy atom. The monoisotopic (exact) mass is 366 g/mol. The SMILES string of the molecule is COc1ccc(Nc2cc(C(=O)NCCC3=CCCCC3)nc(C)n2)cc1. The predicted octanol–water partition coefficient (Wildman–Crippen LogP) is 4.16. The number of anilines is 2. The maximum atomic E-state index is 12.5. The van der Waals surface area contributed by atoms with E-state index in [2.05, 4.69) is 26.7 Å². The molecule has 0 atom stereocenters. The molecule has 1 amide bonds. The van der Waals surface area contributed by atoms with E-state index in [1.54, 1.807) is 20.1 Å². The molecule has 2 N–H and O–H groups in total. The van der Waals surface area contributed by atoms with Crippen LogP contribution in [0.2, 0.25) is 0 Å². The molecular weight excluding hydrogens is 340 g/mol. The molecule has 142 valence electrons. The number of carbonyl (C=O) groups is 1. The Balaban J connectivity index is 1.61. The minimum Gasteiger partial charge on any atom is -0.497 e.